The lowest BCUT2D eigenvalue weighted by molar-refractivity contribution is -0.384. The fraction of sp³-hybridized carbons (Fsp3) is 0.333. The van der Waals surface area contributed by atoms with Crippen molar-refractivity contribution in [2.75, 3.05) is 19.1 Å². The second kappa shape index (κ2) is 6.65. The highest BCUT2D eigenvalue weighted by atomic mass is 19.1. The third kappa shape index (κ3) is 3.19. The number of carbonyl (C=O) groups excluding carboxylic acids is 1. The van der Waals surface area contributed by atoms with Gasteiger partial charge in [0.25, 0.3) is 5.69 Å². The van der Waals surface area contributed by atoms with Crippen LogP contribution in [0.5, 0.6) is 0 Å². The van der Waals surface area contributed by atoms with E-state index in [0.717, 1.165) is 19.2 Å². The fourth-order valence-electron chi connectivity index (χ4n) is 2.38. The van der Waals surface area contributed by atoms with Gasteiger partial charge < -0.3 is 14.2 Å². The van der Waals surface area contributed by atoms with Gasteiger partial charge in [0.15, 0.2) is 11.5 Å². The molecule has 0 aliphatic rings. The predicted octanol–water partition coefficient (Wildman–Crippen LogP) is 2.76. The molecule has 0 aliphatic heterocycles. The maximum absolute atomic E-state index is 14.5. The first-order chi connectivity index (χ1) is 11.3. The van der Waals surface area contributed by atoms with Crippen LogP contribution < -0.4 is 4.90 Å². The van der Waals surface area contributed by atoms with Crippen LogP contribution in [-0.2, 0) is 11.3 Å². The van der Waals surface area contributed by atoms with Crippen LogP contribution >= 0.6 is 0 Å². The maximum atomic E-state index is 14.5. The Balaban J connectivity index is 2.48. The molecule has 1 heterocycles. The number of carbonyl (C=O) groups is 1. The van der Waals surface area contributed by atoms with Gasteiger partial charge in [-0.2, -0.15) is 0 Å². The van der Waals surface area contributed by atoms with Gasteiger partial charge in [0.05, 0.1) is 23.3 Å². The topological polar surface area (TPSA) is 98.7 Å². The van der Waals surface area contributed by atoms with Gasteiger partial charge in [-0.1, -0.05) is 5.16 Å². The largest absolute Gasteiger partial charge is 0.465 e. The molecular formula is C15H16FN3O5. The monoisotopic (exact) mass is 337 g/mol. The fourth-order valence-corrected chi connectivity index (χ4v) is 2.38. The van der Waals surface area contributed by atoms with Crippen LogP contribution in [0.2, 0.25) is 0 Å². The summed E-state index contributed by atoms with van der Waals surface area (Å²) in [5.74, 6) is -1.19. The molecule has 0 unspecified atom stereocenters. The van der Waals surface area contributed by atoms with Crippen LogP contribution in [0.4, 0.5) is 15.8 Å². The van der Waals surface area contributed by atoms with Crippen molar-refractivity contribution in [2.45, 2.75) is 20.4 Å². The van der Waals surface area contributed by atoms with E-state index in [0.29, 0.717) is 17.0 Å². The number of nitro benzene ring substituents is 1. The van der Waals surface area contributed by atoms with Crippen LogP contribution in [0.3, 0.4) is 0 Å². The molecular weight excluding hydrogens is 321 g/mol. The highest BCUT2D eigenvalue weighted by Gasteiger charge is 2.26. The standard InChI is InChI=1S/C15H16FN3O5/c1-8-11(9(2)24-17-8)7-18(3)14-12(16)5-10(15(20)23-4)6-13(14)19(21)22/h5-6H,7H2,1-4H3. The molecule has 0 bridgehead atoms. The van der Waals surface area contributed by atoms with E-state index in [1.54, 1.807) is 13.8 Å². The number of rotatable bonds is 5. The number of nitro groups is 1. The molecule has 0 amide bonds. The van der Waals surface area contributed by atoms with Crippen molar-refractivity contribution in [1.82, 2.24) is 5.16 Å². The lowest BCUT2D eigenvalue weighted by Gasteiger charge is -2.20. The van der Waals surface area contributed by atoms with Crippen LogP contribution in [0.1, 0.15) is 27.4 Å². The number of aromatic nitrogens is 1. The number of nitrogens with zero attached hydrogens (tertiary/aromatic N) is 3. The van der Waals surface area contributed by atoms with Gasteiger partial charge in [0, 0.05) is 25.2 Å². The van der Waals surface area contributed by atoms with Crippen molar-refractivity contribution in [3.8, 4) is 0 Å². The van der Waals surface area contributed by atoms with Crippen LogP contribution in [0, 0.1) is 29.8 Å². The number of benzene rings is 1. The first kappa shape index (κ1) is 17.4. The average Bonchev–Trinajstić information content (AvgIpc) is 2.84. The number of halogens is 1. The third-order valence-corrected chi connectivity index (χ3v) is 3.62. The van der Waals surface area contributed by atoms with Gasteiger partial charge >= 0.3 is 5.97 Å². The Morgan fingerprint density at radius 2 is 2.12 bits per heavy atom. The number of esters is 1. The van der Waals surface area contributed by atoms with Crippen molar-refractivity contribution >= 4 is 17.3 Å². The number of methoxy groups -OCH3 is 1. The van der Waals surface area contributed by atoms with Gasteiger partial charge in [-0.15, -0.1) is 0 Å². The predicted molar refractivity (Wildman–Crippen MR) is 82.5 cm³/mol. The number of ether oxygens (including phenoxy) is 1. The number of hydrogen-bond donors (Lipinski definition) is 0. The van der Waals surface area contributed by atoms with E-state index >= 15 is 0 Å². The molecule has 0 N–H and O–H groups in total. The van der Waals surface area contributed by atoms with E-state index in [-0.39, 0.29) is 17.8 Å². The molecule has 24 heavy (non-hydrogen) atoms. The second-order valence-corrected chi connectivity index (χ2v) is 5.23. The molecule has 9 heteroatoms. The molecule has 0 fully saturated rings. The molecule has 1 aromatic carbocycles. The minimum Gasteiger partial charge on any atom is -0.465 e. The molecule has 0 saturated carbocycles. The molecule has 0 saturated heterocycles. The van der Waals surface area contributed by atoms with E-state index in [9.17, 15) is 19.3 Å². The summed E-state index contributed by atoms with van der Waals surface area (Å²) in [4.78, 5) is 23.5. The molecule has 0 atom stereocenters. The quantitative estimate of drug-likeness (QED) is 0.470. The zero-order valence-electron chi connectivity index (χ0n) is 13.6. The average molecular weight is 337 g/mol. The normalized spacial score (nSPS) is 10.5. The zero-order valence-corrected chi connectivity index (χ0v) is 13.6. The summed E-state index contributed by atoms with van der Waals surface area (Å²) in [6.07, 6.45) is 0. The van der Waals surface area contributed by atoms with E-state index in [1.165, 1.54) is 11.9 Å². The Labute approximate surface area is 136 Å². The first-order valence-electron chi connectivity index (χ1n) is 6.95. The summed E-state index contributed by atoms with van der Waals surface area (Å²) < 4.78 is 24.0. The highest BCUT2D eigenvalue weighted by molar-refractivity contribution is 5.91. The maximum Gasteiger partial charge on any atom is 0.338 e. The van der Waals surface area contributed by atoms with Gasteiger partial charge in [-0.25, -0.2) is 9.18 Å². The van der Waals surface area contributed by atoms with E-state index in [2.05, 4.69) is 9.89 Å². The van der Waals surface area contributed by atoms with E-state index in [4.69, 9.17) is 4.52 Å². The van der Waals surface area contributed by atoms with Crippen LogP contribution in [0.25, 0.3) is 0 Å². The van der Waals surface area contributed by atoms with Crippen molar-refractivity contribution in [2.24, 2.45) is 0 Å². The molecule has 128 valence electrons. The van der Waals surface area contributed by atoms with E-state index < -0.39 is 22.4 Å². The number of anilines is 1. The third-order valence-electron chi connectivity index (χ3n) is 3.62. The Kier molecular flexibility index (Phi) is 4.82. The van der Waals surface area contributed by atoms with Gasteiger partial charge in [-0.3, -0.25) is 10.1 Å². The van der Waals surface area contributed by atoms with Gasteiger partial charge in [-0.05, 0) is 19.9 Å². The smallest absolute Gasteiger partial charge is 0.338 e. The molecule has 2 rings (SSSR count). The summed E-state index contributed by atoms with van der Waals surface area (Å²) in [6.45, 7) is 3.59. The summed E-state index contributed by atoms with van der Waals surface area (Å²) in [7, 11) is 2.62. The number of aryl methyl sites for hydroxylation is 2. The van der Waals surface area contributed by atoms with Gasteiger partial charge in [0.1, 0.15) is 5.76 Å². The minimum absolute atomic E-state index is 0.163. The Hall–Kier alpha value is -2.97. The molecule has 0 spiro atoms. The second-order valence-electron chi connectivity index (χ2n) is 5.23. The Bertz CT molecular complexity index is 783. The van der Waals surface area contributed by atoms with Crippen molar-refractivity contribution in [3.63, 3.8) is 0 Å². The lowest BCUT2D eigenvalue weighted by Crippen LogP contribution is -2.20. The van der Waals surface area contributed by atoms with Crippen molar-refractivity contribution in [1.29, 1.82) is 0 Å². The molecule has 1 aromatic heterocycles. The highest BCUT2D eigenvalue weighted by Crippen LogP contribution is 2.33. The van der Waals surface area contributed by atoms with Crippen LogP contribution in [0.15, 0.2) is 16.7 Å². The lowest BCUT2D eigenvalue weighted by atomic mass is 10.1. The minimum atomic E-state index is -0.890. The summed E-state index contributed by atoms with van der Waals surface area (Å²) in [5, 5.41) is 15.1. The first-order valence-corrected chi connectivity index (χ1v) is 6.95. The molecule has 0 aliphatic carbocycles. The van der Waals surface area contributed by atoms with Crippen LogP contribution in [-0.4, -0.2) is 30.2 Å². The summed E-state index contributed by atoms with van der Waals surface area (Å²) >= 11 is 0. The Morgan fingerprint density at radius 3 is 2.62 bits per heavy atom. The molecule has 8 nitrogen and oxygen atoms in total. The summed E-state index contributed by atoms with van der Waals surface area (Å²) in [5.41, 5.74) is 0.352. The molecule has 0 radical (unpaired) electrons. The van der Waals surface area contributed by atoms with Crippen molar-refractivity contribution < 1.29 is 23.4 Å². The zero-order chi connectivity index (χ0) is 18.0. The van der Waals surface area contributed by atoms with Crippen molar-refractivity contribution in [3.05, 3.63) is 50.6 Å². The van der Waals surface area contributed by atoms with Gasteiger partial charge in [0.2, 0.25) is 0 Å². The molecule has 2 aromatic rings. The Morgan fingerprint density at radius 1 is 1.46 bits per heavy atom. The summed E-state index contributed by atoms with van der Waals surface area (Å²) in [6, 6.07) is 1.91. The number of hydrogen-bond acceptors (Lipinski definition) is 7. The van der Waals surface area contributed by atoms with E-state index in [1.807, 2.05) is 0 Å². The SMILES string of the molecule is COC(=O)c1cc(F)c(N(C)Cc2c(C)noc2C)c([N+](=O)[O-])c1.